The molecule has 0 saturated carbocycles. The molecule has 3 rings (SSSR count). The molecule has 2 aromatic rings. The molecule has 2 aromatic carbocycles. The van der Waals surface area contributed by atoms with E-state index in [1.807, 2.05) is 6.07 Å². The van der Waals surface area contributed by atoms with Gasteiger partial charge in [-0.15, -0.1) is 0 Å². The van der Waals surface area contributed by atoms with Crippen LogP contribution in [0.1, 0.15) is 42.1 Å². The summed E-state index contributed by atoms with van der Waals surface area (Å²) in [6.45, 7) is 3.16. The topological polar surface area (TPSA) is 66.5 Å². The number of nitrogens with zero attached hydrogens (tertiary/aromatic N) is 1. The molecule has 0 radical (unpaired) electrons. The van der Waals surface area contributed by atoms with Crippen LogP contribution in [0.4, 0.5) is 5.69 Å². The Labute approximate surface area is 169 Å². The van der Waals surface area contributed by atoms with Crippen molar-refractivity contribution in [2.75, 3.05) is 18.4 Å². The van der Waals surface area contributed by atoms with Gasteiger partial charge in [-0.05, 0) is 24.6 Å². The van der Waals surface area contributed by atoms with Gasteiger partial charge in [0.15, 0.2) is 5.78 Å². The van der Waals surface area contributed by atoms with Gasteiger partial charge in [0.1, 0.15) is 0 Å². The first-order valence-corrected chi connectivity index (χ1v) is 9.85. The Bertz CT molecular complexity index is 883. The lowest BCUT2D eigenvalue weighted by molar-refractivity contribution is -0.128. The van der Waals surface area contributed by atoms with Crippen LogP contribution >= 0.6 is 11.6 Å². The number of hydrogen-bond donors (Lipinski definition) is 1. The Kier molecular flexibility index (Phi) is 6.47. The van der Waals surface area contributed by atoms with Gasteiger partial charge in [0, 0.05) is 35.7 Å². The summed E-state index contributed by atoms with van der Waals surface area (Å²) in [7, 11) is 0. The molecule has 1 fully saturated rings. The lowest BCUT2D eigenvalue weighted by atomic mass is 10.0. The van der Waals surface area contributed by atoms with Crippen molar-refractivity contribution in [3.8, 4) is 0 Å². The predicted molar refractivity (Wildman–Crippen MR) is 110 cm³/mol. The highest BCUT2D eigenvalue weighted by Gasteiger charge is 2.34. The van der Waals surface area contributed by atoms with E-state index in [1.54, 1.807) is 47.4 Å². The van der Waals surface area contributed by atoms with E-state index in [4.69, 9.17) is 11.6 Å². The van der Waals surface area contributed by atoms with Crippen LogP contribution in [0.3, 0.4) is 0 Å². The number of halogens is 1. The number of likely N-dealkylation sites (tertiary alicyclic amines) is 1. The van der Waals surface area contributed by atoms with Crippen LogP contribution in [0.5, 0.6) is 0 Å². The molecule has 1 N–H and O–H groups in total. The van der Waals surface area contributed by atoms with E-state index >= 15 is 0 Å². The molecule has 1 atom stereocenters. The number of ketones is 1. The van der Waals surface area contributed by atoms with E-state index in [2.05, 4.69) is 12.2 Å². The third-order valence-corrected chi connectivity index (χ3v) is 5.12. The molecule has 146 valence electrons. The first-order valence-electron chi connectivity index (χ1n) is 9.47. The van der Waals surface area contributed by atoms with Gasteiger partial charge in [-0.2, -0.15) is 0 Å². The molecule has 6 heteroatoms. The highest BCUT2D eigenvalue weighted by atomic mass is 35.5. The van der Waals surface area contributed by atoms with Crippen LogP contribution in [-0.4, -0.2) is 35.6 Å². The largest absolute Gasteiger partial charge is 0.342 e. The smallest absolute Gasteiger partial charge is 0.229 e. The van der Waals surface area contributed by atoms with Crippen LogP contribution < -0.4 is 5.32 Å². The monoisotopic (exact) mass is 398 g/mol. The highest BCUT2D eigenvalue weighted by molar-refractivity contribution is 6.31. The average Bonchev–Trinajstić information content (AvgIpc) is 3.08. The normalized spacial score (nSPS) is 16.3. The SMILES string of the molecule is CCCCN1C[C@H](C(=O)Nc2ccc(Cl)cc2C(=O)c2ccccc2)CC1=O. The van der Waals surface area contributed by atoms with Gasteiger partial charge in [0.25, 0.3) is 0 Å². The Balaban J connectivity index is 1.77. The Morgan fingerprint density at radius 2 is 1.93 bits per heavy atom. The number of carbonyl (C=O) groups is 3. The average molecular weight is 399 g/mol. The number of unbranched alkanes of at least 4 members (excludes halogenated alkanes) is 1. The minimum Gasteiger partial charge on any atom is -0.342 e. The Morgan fingerprint density at radius 3 is 2.64 bits per heavy atom. The molecule has 1 heterocycles. The van der Waals surface area contributed by atoms with Crippen molar-refractivity contribution in [2.24, 2.45) is 5.92 Å². The van der Waals surface area contributed by atoms with Gasteiger partial charge >= 0.3 is 0 Å². The maximum Gasteiger partial charge on any atom is 0.229 e. The summed E-state index contributed by atoms with van der Waals surface area (Å²) < 4.78 is 0. The second-order valence-electron chi connectivity index (χ2n) is 6.97. The van der Waals surface area contributed by atoms with Crippen molar-refractivity contribution in [3.63, 3.8) is 0 Å². The van der Waals surface area contributed by atoms with E-state index in [0.29, 0.717) is 34.9 Å². The van der Waals surface area contributed by atoms with E-state index < -0.39 is 5.92 Å². The second-order valence-corrected chi connectivity index (χ2v) is 7.41. The number of rotatable bonds is 7. The quantitative estimate of drug-likeness (QED) is 0.712. The molecule has 5 nitrogen and oxygen atoms in total. The second kappa shape index (κ2) is 9.02. The van der Waals surface area contributed by atoms with Crippen molar-refractivity contribution in [1.29, 1.82) is 0 Å². The fourth-order valence-corrected chi connectivity index (χ4v) is 3.48. The molecule has 0 spiro atoms. The molecule has 2 amide bonds. The fraction of sp³-hybridized carbons (Fsp3) is 0.318. The number of nitrogens with one attached hydrogen (secondary N) is 1. The third kappa shape index (κ3) is 4.60. The molecule has 0 aromatic heterocycles. The minimum atomic E-state index is -0.417. The minimum absolute atomic E-state index is 0.00490. The molecular weight excluding hydrogens is 376 g/mol. The lowest BCUT2D eigenvalue weighted by Gasteiger charge is -2.16. The van der Waals surface area contributed by atoms with Gasteiger partial charge in [0.05, 0.1) is 11.6 Å². The summed E-state index contributed by atoms with van der Waals surface area (Å²) in [5, 5.41) is 3.25. The number of benzene rings is 2. The van der Waals surface area contributed by atoms with Crippen molar-refractivity contribution >= 4 is 34.9 Å². The maximum absolute atomic E-state index is 12.9. The predicted octanol–water partition coefficient (Wildman–Crippen LogP) is 4.16. The van der Waals surface area contributed by atoms with Gasteiger partial charge < -0.3 is 10.2 Å². The lowest BCUT2D eigenvalue weighted by Crippen LogP contribution is -2.29. The summed E-state index contributed by atoms with van der Waals surface area (Å²) in [5.41, 5.74) is 1.25. The van der Waals surface area contributed by atoms with E-state index in [1.165, 1.54) is 0 Å². The first kappa shape index (κ1) is 20.1. The van der Waals surface area contributed by atoms with Gasteiger partial charge in [0.2, 0.25) is 11.8 Å². The molecule has 1 aliphatic heterocycles. The summed E-state index contributed by atoms with van der Waals surface area (Å²) in [5.74, 6) is -0.882. The molecule has 0 aliphatic carbocycles. The number of anilines is 1. The molecule has 28 heavy (non-hydrogen) atoms. The zero-order valence-electron chi connectivity index (χ0n) is 15.8. The van der Waals surface area contributed by atoms with Gasteiger partial charge in [-0.3, -0.25) is 14.4 Å². The van der Waals surface area contributed by atoms with E-state index in [0.717, 1.165) is 12.8 Å². The van der Waals surface area contributed by atoms with Crippen molar-refractivity contribution in [2.45, 2.75) is 26.2 Å². The van der Waals surface area contributed by atoms with Crippen LogP contribution in [0, 0.1) is 5.92 Å². The standard InChI is InChI=1S/C22H23ClN2O3/c1-2-3-11-25-14-16(12-20(25)26)22(28)24-19-10-9-17(23)13-18(19)21(27)15-7-5-4-6-8-15/h4-10,13,16H,2-3,11-12,14H2,1H3,(H,24,28)/t16-/m1/s1. The zero-order chi connectivity index (χ0) is 20.1. The highest BCUT2D eigenvalue weighted by Crippen LogP contribution is 2.26. The Morgan fingerprint density at radius 1 is 1.18 bits per heavy atom. The molecule has 0 unspecified atom stereocenters. The van der Waals surface area contributed by atoms with Crippen molar-refractivity contribution in [1.82, 2.24) is 4.90 Å². The Hall–Kier alpha value is -2.66. The molecule has 1 aliphatic rings. The van der Waals surface area contributed by atoms with Gasteiger partial charge in [-0.1, -0.05) is 55.3 Å². The van der Waals surface area contributed by atoms with Crippen molar-refractivity contribution in [3.05, 3.63) is 64.7 Å². The summed E-state index contributed by atoms with van der Waals surface area (Å²) in [4.78, 5) is 39.5. The van der Waals surface area contributed by atoms with Crippen LogP contribution in [0.15, 0.2) is 48.5 Å². The maximum atomic E-state index is 12.9. The number of amides is 2. The summed E-state index contributed by atoms with van der Waals surface area (Å²) in [6.07, 6.45) is 2.12. The number of carbonyl (C=O) groups excluding carboxylic acids is 3. The zero-order valence-corrected chi connectivity index (χ0v) is 16.5. The molecular formula is C22H23ClN2O3. The van der Waals surface area contributed by atoms with Crippen LogP contribution in [0.2, 0.25) is 5.02 Å². The molecule has 1 saturated heterocycles. The van der Waals surface area contributed by atoms with Crippen molar-refractivity contribution < 1.29 is 14.4 Å². The number of hydrogen-bond acceptors (Lipinski definition) is 3. The first-order chi connectivity index (χ1) is 13.5. The summed E-state index contributed by atoms with van der Waals surface area (Å²) in [6, 6.07) is 13.6. The summed E-state index contributed by atoms with van der Waals surface area (Å²) >= 11 is 6.08. The van der Waals surface area contributed by atoms with Crippen LogP contribution in [0.25, 0.3) is 0 Å². The van der Waals surface area contributed by atoms with Crippen LogP contribution in [-0.2, 0) is 9.59 Å². The fourth-order valence-electron chi connectivity index (χ4n) is 3.31. The van der Waals surface area contributed by atoms with E-state index in [9.17, 15) is 14.4 Å². The van der Waals surface area contributed by atoms with Gasteiger partial charge in [-0.25, -0.2) is 0 Å². The molecule has 0 bridgehead atoms. The third-order valence-electron chi connectivity index (χ3n) is 4.89. The van der Waals surface area contributed by atoms with E-state index in [-0.39, 0.29) is 24.0 Å².